The molecule has 1 aromatic heterocycles. The summed E-state index contributed by atoms with van der Waals surface area (Å²) in [6.45, 7) is 1.82. The molecule has 0 spiro atoms. The molecule has 0 bridgehead atoms. The minimum atomic E-state index is -0.138. The summed E-state index contributed by atoms with van der Waals surface area (Å²) in [5, 5.41) is 6.17. The van der Waals surface area contributed by atoms with Crippen LogP contribution in [-0.4, -0.2) is 59.2 Å². The molecule has 4 rings (SSSR count). The average molecular weight is 388 g/mol. The van der Waals surface area contributed by atoms with Crippen LogP contribution in [0.5, 0.6) is 0 Å². The number of nitrogens with one attached hydrogen (secondary N) is 2. The number of nitrogens with zero attached hydrogens (tertiary/aromatic N) is 4. The molecule has 1 aliphatic carbocycles. The molecule has 1 amide bonds. The number of rotatable bonds is 5. The summed E-state index contributed by atoms with van der Waals surface area (Å²) < 4.78 is 0. The molecule has 0 radical (unpaired) electrons. The third-order valence-corrected chi connectivity index (χ3v) is 6.05. The Bertz CT molecular complexity index is 856. The first-order valence-corrected chi connectivity index (χ1v) is 10.1. The molecule has 27 heavy (non-hydrogen) atoms. The number of aromatic amines is 1. The number of aliphatic imine (C=N–C) groups is 1. The Balaban J connectivity index is 1.29. The number of H-pyrrole nitrogens is 1. The Hall–Kier alpha value is -2.29. The Labute approximate surface area is 162 Å². The Morgan fingerprint density at radius 1 is 1.44 bits per heavy atom. The molecular weight excluding hydrogens is 364 g/mol. The second-order valence-electron chi connectivity index (χ2n) is 7.39. The molecule has 3 aliphatic rings. The fourth-order valence-corrected chi connectivity index (χ4v) is 4.53. The van der Waals surface area contributed by atoms with E-state index in [-0.39, 0.29) is 23.4 Å². The molecule has 0 saturated heterocycles. The smallest absolute Gasteiger partial charge is 0.252 e. The van der Waals surface area contributed by atoms with Crippen LogP contribution < -0.4 is 15.8 Å². The van der Waals surface area contributed by atoms with E-state index in [0.717, 1.165) is 48.9 Å². The van der Waals surface area contributed by atoms with Crippen molar-refractivity contribution in [3.8, 4) is 0 Å². The first kappa shape index (κ1) is 18.1. The average Bonchev–Trinajstić information content (AvgIpc) is 3.00. The van der Waals surface area contributed by atoms with Crippen LogP contribution in [0.4, 0.5) is 5.95 Å². The molecule has 0 atom stereocenters. The van der Waals surface area contributed by atoms with Gasteiger partial charge in [-0.2, -0.15) is 0 Å². The monoisotopic (exact) mass is 388 g/mol. The number of anilines is 1. The highest BCUT2D eigenvalue weighted by Crippen LogP contribution is 2.36. The molecule has 1 saturated carbocycles. The van der Waals surface area contributed by atoms with Crippen molar-refractivity contribution >= 4 is 28.8 Å². The molecule has 0 aromatic carbocycles. The van der Waals surface area contributed by atoms with Gasteiger partial charge in [0.15, 0.2) is 5.17 Å². The standard InChI is InChI=1S/C18H24N6O2S/c1-23(2)17-21-14(9-16(26)22-17)11-6-12(7-11)20-15(25)8-13-10-27-18-19-4-3-5-24(13)18/h9-12H,3-8H2,1-2H3,(H,20,25)(H,21,22,26). The van der Waals surface area contributed by atoms with Gasteiger partial charge in [0.25, 0.3) is 5.56 Å². The van der Waals surface area contributed by atoms with Gasteiger partial charge in [0.1, 0.15) is 0 Å². The van der Waals surface area contributed by atoms with Gasteiger partial charge in [-0.3, -0.25) is 19.6 Å². The summed E-state index contributed by atoms with van der Waals surface area (Å²) in [5.74, 6) is 0.831. The molecule has 3 heterocycles. The molecular formula is C18H24N6O2S. The van der Waals surface area contributed by atoms with Crippen molar-refractivity contribution in [2.75, 3.05) is 32.1 Å². The molecule has 1 aromatic rings. The molecule has 8 nitrogen and oxygen atoms in total. The van der Waals surface area contributed by atoms with Gasteiger partial charge in [-0.15, -0.1) is 0 Å². The van der Waals surface area contributed by atoms with E-state index in [0.29, 0.717) is 12.4 Å². The molecule has 0 unspecified atom stereocenters. The van der Waals surface area contributed by atoms with E-state index in [1.54, 1.807) is 22.7 Å². The number of hydrogen-bond acceptors (Lipinski definition) is 7. The number of carbonyl (C=O) groups excluding carboxylic acids is 1. The van der Waals surface area contributed by atoms with Gasteiger partial charge in [-0.1, -0.05) is 11.8 Å². The van der Waals surface area contributed by atoms with E-state index in [2.05, 4.69) is 25.2 Å². The van der Waals surface area contributed by atoms with Crippen LogP contribution in [0.2, 0.25) is 0 Å². The van der Waals surface area contributed by atoms with Gasteiger partial charge in [-0.05, 0) is 24.7 Å². The van der Waals surface area contributed by atoms with Crippen molar-refractivity contribution in [2.24, 2.45) is 4.99 Å². The maximum Gasteiger partial charge on any atom is 0.252 e. The van der Waals surface area contributed by atoms with E-state index in [4.69, 9.17) is 0 Å². The molecule has 2 N–H and O–H groups in total. The van der Waals surface area contributed by atoms with Gasteiger partial charge >= 0.3 is 0 Å². The fourth-order valence-electron chi connectivity index (χ4n) is 3.58. The second-order valence-corrected chi connectivity index (χ2v) is 8.23. The van der Waals surface area contributed by atoms with Crippen LogP contribution in [0.3, 0.4) is 0 Å². The van der Waals surface area contributed by atoms with Gasteiger partial charge in [0.2, 0.25) is 11.9 Å². The largest absolute Gasteiger partial charge is 0.353 e. The summed E-state index contributed by atoms with van der Waals surface area (Å²) in [6.07, 6.45) is 3.06. The summed E-state index contributed by atoms with van der Waals surface area (Å²) in [7, 11) is 3.70. The van der Waals surface area contributed by atoms with Gasteiger partial charge in [-0.25, -0.2) is 4.98 Å². The number of carbonyl (C=O) groups is 1. The summed E-state index contributed by atoms with van der Waals surface area (Å²) in [6, 6.07) is 1.71. The van der Waals surface area contributed by atoms with Crippen LogP contribution in [0.25, 0.3) is 0 Å². The van der Waals surface area contributed by atoms with E-state index in [1.807, 2.05) is 19.5 Å². The lowest BCUT2D eigenvalue weighted by Gasteiger charge is -2.36. The van der Waals surface area contributed by atoms with Gasteiger partial charge in [0.05, 0.1) is 12.1 Å². The zero-order valence-corrected chi connectivity index (χ0v) is 16.4. The zero-order chi connectivity index (χ0) is 19.0. The Morgan fingerprint density at radius 2 is 2.26 bits per heavy atom. The second kappa shape index (κ2) is 7.38. The van der Waals surface area contributed by atoms with Crippen molar-refractivity contribution in [2.45, 2.75) is 37.6 Å². The lowest BCUT2D eigenvalue weighted by molar-refractivity contribution is -0.122. The predicted molar refractivity (Wildman–Crippen MR) is 107 cm³/mol. The highest BCUT2D eigenvalue weighted by Gasteiger charge is 2.34. The lowest BCUT2D eigenvalue weighted by atomic mass is 9.78. The van der Waals surface area contributed by atoms with E-state index in [9.17, 15) is 9.59 Å². The van der Waals surface area contributed by atoms with E-state index < -0.39 is 0 Å². The Kier molecular flexibility index (Phi) is 4.94. The van der Waals surface area contributed by atoms with Crippen LogP contribution in [0, 0.1) is 0 Å². The highest BCUT2D eigenvalue weighted by atomic mass is 32.2. The van der Waals surface area contributed by atoms with Crippen molar-refractivity contribution in [1.29, 1.82) is 0 Å². The van der Waals surface area contributed by atoms with Gasteiger partial charge < -0.3 is 15.1 Å². The van der Waals surface area contributed by atoms with Crippen LogP contribution >= 0.6 is 11.8 Å². The summed E-state index contributed by atoms with van der Waals surface area (Å²) in [4.78, 5) is 39.9. The first-order chi connectivity index (χ1) is 13.0. The topological polar surface area (TPSA) is 93.7 Å². The van der Waals surface area contributed by atoms with Gasteiger partial charge in [0, 0.05) is 50.9 Å². The molecule has 1 fully saturated rings. The minimum absolute atomic E-state index is 0.0463. The first-order valence-electron chi connectivity index (χ1n) is 9.25. The van der Waals surface area contributed by atoms with Crippen molar-refractivity contribution in [3.63, 3.8) is 0 Å². The summed E-state index contributed by atoms with van der Waals surface area (Å²) >= 11 is 1.61. The minimum Gasteiger partial charge on any atom is -0.353 e. The van der Waals surface area contributed by atoms with Crippen LogP contribution in [0.15, 0.2) is 27.0 Å². The highest BCUT2D eigenvalue weighted by molar-refractivity contribution is 8.16. The maximum absolute atomic E-state index is 12.4. The lowest BCUT2D eigenvalue weighted by Crippen LogP contribution is -2.44. The number of aromatic nitrogens is 2. The number of amidine groups is 1. The number of fused-ring (bicyclic) bond motifs is 1. The van der Waals surface area contributed by atoms with Crippen molar-refractivity contribution in [3.05, 3.63) is 33.2 Å². The number of thioether (sulfide) groups is 1. The fraction of sp³-hybridized carbons (Fsp3) is 0.556. The molecule has 2 aliphatic heterocycles. The maximum atomic E-state index is 12.4. The van der Waals surface area contributed by atoms with Crippen molar-refractivity contribution < 1.29 is 4.79 Å². The molecule has 9 heteroatoms. The zero-order valence-electron chi connectivity index (χ0n) is 15.6. The third kappa shape index (κ3) is 3.87. The number of hydrogen-bond donors (Lipinski definition) is 2. The third-order valence-electron chi connectivity index (χ3n) is 5.10. The van der Waals surface area contributed by atoms with Crippen LogP contribution in [0.1, 0.15) is 37.3 Å². The number of amides is 1. The Morgan fingerprint density at radius 3 is 3.04 bits per heavy atom. The van der Waals surface area contributed by atoms with E-state index in [1.165, 1.54) is 0 Å². The molecule has 144 valence electrons. The summed E-state index contributed by atoms with van der Waals surface area (Å²) in [5.41, 5.74) is 1.71. The SMILES string of the molecule is CN(C)c1nc(C2CC(NC(=O)CC3=CSC4=NCCCN34)C2)cc(=O)[nH]1. The van der Waals surface area contributed by atoms with Crippen LogP contribution in [-0.2, 0) is 4.79 Å². The predicted octanol–water partition coefficient (Wildman–Crippen LogP) is 1.24. The quantitative estimate of drug-likeness (QED) is 0.788. The normalized spacial score (nSPS) is 23.9. The van der Waals surface area contributed by atoms with E-state index >= 15 is 0 Å². The van der Waals surface area contributed by atoms with Crippen molar-refractivity contribution in [1.82, 2.24) is 20.2 Å².